The summed E-state index contributed by atoms with van der Waals surface area (Å²) in [5.41, 5.74) is 0. The number of amides is 1. The van der Waals surface area contributed by atoms with E-state index in [1.54, 1.807) is 18.3 Å². The SMILES string of the molecule is CC(Oc1ccccc1)C(=O)N1CCN(Cc2nc(-c3cccs3)no2)CC1. The Balaban J connectivity index is 1.27. The van der Waals surface area contributed by atoms with Gasteiger partial charge in [0.2, 0.25) is 11.7 Å². The summed E-state index contributed by atoms with van der Waals surface area (Å²) in [6.07, 6.45) is -0.502. The van der Waals surface area contributed by atoms with Crippen molar-refractivity contribution in [1.82, 2.24) is 19.9 Å². The fourth-order valence-electron chi connectivity index (χ4n) is 3.15. The summed E-state index contributed by atoms with van der Waals surface area (Å²) < 4.78 is 11.1. The lowest BCUT2D eigenvalue weighted by Gasteiger charge is -2.35. The Morgan fingerprint density at radius 1 is 1.18 bits per heavy atom. The van der Waals surface area contributed by atoms with E-state index in [0.717, 1.165) is 18.0 Å². The molecule has 0 N–H and O–H groups in total. The van der Waals surface area contributed by atoms with E-state index in [-0.39, 0.29) is 5.91 Å². The van der Waals surface area contributed by atoms with Crippen molar-refractivity contribution in [2.24, 2.45) is 0 Å². The smallest absolute Gasteiger partial charge is 0.263 e. The van der Waals surface area contributed by atoms with E-state index in [1.807, 2.05) is 52.7 Å². The Bertz CT molecular complexity index is 889. The lowest BCUT2D eigenvalue weighted by Crippen LogP contribution is -2.51. The Kier molecular flexibility index (Phi) is 5.68. The van der Waals surface area contributed by atoms with E-state index < -0.39 is 6.10 Å². The molecule has 1 saturated heterocycles. The molecule has 3 aromatic rings. The number of hydrogen-bond donors (Lipinski definition) is 0. The monoisotopic (exact) mass is 398 g/mol. The van der Waals surface area contributed by atoms with Crippen LogP contribution in [0.4, 0.5) is 0 Å². The molecule has 0 spiro atoms. The van der Waals surface area contributed by atoms with Gasteiger partial charge in [-0.25, -0.2) is 0 Å². The predicted octanol–water partition coefficient (Wildman–Crippen LogP) is 2.91. The van der Waals surface area contributed by atoms with Crippen molar-refractivity contribution in [2.45, 2.75) is 19.6 Å². The van der Waals surface area contributed by atoms with Crippen LogP contribution in [0, 0.1) is 0 Å². The normalized spacial score (nSPS) is 16.1. The molecule has 0 radical (unpaired) electrons. The zero-order valence-corrected chi connectivity index (χ0v) is 16.5. The van der Waals surface area contributed by atoms with Crippen LogP contribution in [0.25, 0.3) is 10.7 Å². The van der Waals surface area contributed by atoms with Gasteiger partial charge in [-0.15, -0.1) is 11.3 Å². The molecule has 146 valence electrons. The van der Waals surface area contributed by atoms with Crippen molar-refractivity contribution in [1.29, 1.82) is 0 Å². The van der Waals surface area contributed by atoms with Crippen molar-refractivity contribution in [3.63, 3.8) is 0 Å². The number of nitrogens with zero attached hydrogens (tertiary/aromatic N) is 4. The highest BCUT2D eigenvalue weighted by atomic mass is 32.1. The summed E-state index contributed by atoms with van der Waals surface area (Å²) in [5.74, 6) is 1.95. The maximum Gasteiger partial charge on any atom is 0.263 e. The molecule has 2 aromatic heterocycles. The number of piperazine rings is 1. The highest BCUT2D eigenvalue weighted by molar-refractivity contribution is 7.13. The van der Waals surface area contributed by atoms with Crippen LogP contribution in [0.1, 0.15) is 12.8 Å². The maximum absolute atomic E-state index is 12.6. The third kappa shape index (κ3) is 4.40. The fraction of sp³-hybridized carbons (Fsp3) is 0.350. The number of hydrogen-bond acceptors (Lipinski definition) is 7. The summed E-state index contributed by atoms with van der Waals surface area (Å²) in [6.45, 7) is 5.24. The zero-order chi connectivity index (χ0) is 19.3. The van der Waals surface area contributed by atoms with Crippen LogP contribution in [-0.2, 0) is 11.3 Å². The third-order valence-electron chi connectivity index (χ3n) is 4.66. The molecule has 7 nitrogen and oxygen atoms in total. The first kappa shape index (κ1) is 18.6. The number of carbonyl (C=O) groups is 1. The van der Waals surface area contributed by atoms with Gasteiger partial charge in [-0.05, 0) is 30.5 Å². The van der Waals surface area contributed by atoms with E-state index >= 15 is 0 Å². The van der Waals surface area contributed by atoms with Crippen molar-refractivity contribution >= 4 is 17.2 Å². The summed E-state index contributed by atoms with van der Waals surface area (Å²) in [6, 6.07) is 13.4. The topological polar surface area (TPSA) is 71.7 Å². The van der Waals surface area contributed by atoms with Gasteiger partial charge >= 0.3 is 0 Å². The first-order valence-electron chi connectivity index (χ1n) is 9.28. The molecule has 1 aromatic carbocycles. The number of aromatic nitrogens is 2. The van der Waals surface area contributed by atoms with Gasteiger partial charge in [0.05, 0.1) is 11.4 Å². The van der Waals surface area contributed by atoms with E-state index in [0.29, 0.717) is 37.1 Å². The molecule has 28 heavy (non-hydrogen) atoms. The van der Waals surface area contributed by atoms with Crippen molar-refractivity contribution in [3.8, 4) is 16.5 Å². The van der Waals surface area contributed by atoms with Crippen LogP contribution in [-0.4, -0.2) is 58.1 Å². The first-order chi connectivity index (χ1) is 13.7. The highest BCUT2D eigenvalue weighted by Gasteiger charge is 2.26. The number of carbonyl (C=O) groups excluding carboxylic acids is 1. The Hall–Kier alpha value is -2.71. The Labute approximate surface area is 167 Å². The second-order valence-corrected chi connectivity index (χ2v) is 7.61. The number of thiophene rings is 1. The summed E-state index contributed by atoms with van der Waals surface area (Å²) in [7, 11) is 0. The van der Waals surface area contributed by atoms with Crippen molar-refractivity contribution in [2.75, 3.05) is 26.2 Å². The van der Waals surface area contributed by atoms with Crippen LogP contribution in [0.3, 0.4) is 0 Å². The molecule has 3 heterocycles. The van der Waals surface area contributed by atoms with E-state index in [2.05, 4.69) is 15.0 Å². The highest BCUT2D eigenvalue weighted by Crippen LogP contribution is 2.22. The molecule has 1 fully saturated rings. The van der Waals surface area contributed by atoms with Gasteiger partial charge in [0.25, 0.3) is 5.91 Å². The molecule has 0 aliphatic carbocycles. The molecule has 0 saturated carbocycles. The second kappa shape index (κ2) is 8.53. The lowest BCUT2D eigenvalue weighted by molar-refractivity contribution is -0.139. The van der Waals surface area contributed by atoms with Crippen LogP contribution >= 0.6 is 11.3 Å². The predicted molar refractivity (Wildman–Crippen MR) is 106 cm³/mol. The number of para-hydroxylation sites is 1. The van der Waals surface area contributed by atoms with Gasteiger partial charge in [-0.2, -0.15) is 4.98 Å². The maximum atomic E-state index is 12.6. The van der Waals surface area contributed by atoms with E-state index in [1.165, 1.54) is 0 Å². The third-order valence-corrected chi connectivity index (χ3v) is 5.52. The molecule has 4 rings (SSSR count). The van der Waals surface area contributed by atoms with Crippen LogP contribution in [0.15, 0.2) is 52.4 Å². The quantitative estimate of drug-likeness (QED) is 0.636. The summed E-state index contributed by atoms with van der Waals surface area (Å²) in [4.78, 5) is 22.2. The molecular weight excluding hydrogens is 376 g/mol. The number of rotatable bonds is 6. The van der Waals surface area contributed by atoms with Gasteiger partial charge in [0.1, 0.15) is 5.75 Å². The molecule has 1 aliphatic rings. The molecule has 1 amide bonds. The molecular formula is C20H22N4O3S. The average molecular weight is 398 g/mol. The Morgan fingerprint density at radius 2 is 1.96 bits per heavy atom. The van der Waals surface area contributed by atoms with Crippen LogP contribution < -0.4 is 4.74 Å². The van der Waals surface area contributed by atoms with Gasteiger partial charge in [0, 0.05) is 26.2 Å². The minimum Gasteiger partial charge on any atom is -0.481 e. The first-order valence-corrected chi connectivity index (χ1v) is 10.2. The molecule has 1 unspecified atom stereocenters. The Morgan fingerprint density at radius 3 is 2.68 bits per heavy atom. The summed E-state index contributed by atoms with van der Waals surface area (Å²) >= 11 is 1.59. The van der Waals surface area contributed by atoms with Gasteiger partial charge in [-0.1, -0.05) is 29.4 Å². The van der Waals surface area contributed by atoms with E-state index in [9.17, 15) is 4.79 Å². The van der Waals surface area contributed by atoms with Gasteiger partial charge in [0.15, 0.2) is 6.10 Å². The van der Waals surface area contributed by atoms with Gasteiger partial charge < -0.3 is 14.2 Å². The van der Waals surface area contributed by atoms with Crippen molar-refractivity contribution in [3.05, 3.63) is 53.7 Å². The largest absolute Gasteiger partial charge is 0.481 e. The number of benzene rings is 1. The standard InChI is InChI=1S/C20H22N4O3S/c1-15(26-16-6-3-2-4-7-16)20(25)24-11-9-23(10-12-24)14-18-21-19(22-27-18)17-8-5-13-28-17/h2-8,13,15H,9-12,14H2,1H3. The van der Waals surface area contributed by atoms with E-state index in [4.69, 9.17) is 9.26 Å². The molecule has 0 bridgehead atoms. The molecule has 8 heteroatoms. The molecule has 1 aliphatic heterocycles. The fourth-order valence-corrected chi connectivity index (χ4v) is 3.80. The zero-order valence-electron chi connectivity index (χ0n) is 15.7. The lowest BCUT2D eigenvalue weighted by atomic mass is 10.2. The summed E-state index contributed by atoms with van der Waals surface area (Å²) in [5, 5.41) is 6.04. The number of ether oxygens (including phenoxy) is 1. The van der Waals surface area contributed by atoms with Crippen LogP contribution in [0.5, 0.6) is 5.75 Å². The second-order valence-electron chi connectivity index (χ2n) is 6.66. The van der Waals surface area contributed by atoms with Crippen LogP contribution in [0.2, 0.25) is 0 Å². The average Bonchev–Trinajstić information content (AvgIpc) is 3.40. The van der Waals surface area contributed by atoms with Gasteiger partial charge in [-0.3, -0.25) is 9.69 Å². The van der Waals surface area contributed by atoms with Crippen molar-refractivity contribution < 1.29 is 14.1 Å². The minimum absolute atomic E-state index is 0.0151. The minimum atomic E-state index is -0.502. The molecule has 1 atom stereocenters.